The molecule has 0 aromatic carbocycles. The van der Waals surface area contributed by atoms with E-state index >= 15 is 0 Å². The summed E-state index contributed by atoms with van der Waals surface area (Å²) in [5.41, 5.74) is 0.474. The van der Waals surface area contributed by atoms with Gasteiger partial charge in [-0.25, -0.2) is 9.48 Å². The van der Waals surface area contributed by atoms with Crippen LogP contribution in [0, 0.1) is 0 Å². The zero-order valence-corrected chi connectivity index (χ0v) is 11.7. The lowest BCUT2D eigenvalue weighted by atomic mass is 10.2. The van der Waals surface area contributed by atoms with E-state index in [4.69, 9.17) is 4.74 Å². The van der Waals surface area contributed by atoms with Crippen molar-refractivity contribution in [2.24, 2.45) is 0 Å². The molecular weight excluding hydrogens is 272 g/mol. The molecule has 3 heterocycles. The Morgan fingerprint density at radius 2 is 2.38 bits per heavy atom. The lowest BCUT2D eigenvalue weighted by Crippen LogP contribution is -2.35. The molecule has 2 aromatic rings. The Morgan fingerprint density at radius 3 is 3.14 bits per heavy atom. The molecule has 0 saturated carbocycles. The molecule has 1 atom stereocenters. The fraction of sp³-hybridized carbons (Fsp3) is 0.500. The molecule has 1 amide bonds. The van der Waals surface area contributed by atoms with Gasteiger partial charge in [0.1, 0.15) is 6.10 Å². The summed E-state index contributed by atoms with van der Waals surface area (Å²) >= 11 is 0. The highest BCUT2D eigenvalue weighted by atomic mass is 16.5. The average molecular weight is 290 g/mol. The molecule has 7 heteroatoms. The van der Waals surface area contributed by atoms with Gasteiger partial charge >= 0.3 is 5.69 Å². The first kappa shape index (κ1) is 13.8. The molecule has 112 valence electrons. The van der Waals surface area contributed by atoms with Crippen LogP contribution in [0.15, 0.2) is 29.2 Å². The van der Waals surface area contributed by atoms with Crippen LogP contribution >= 0.6 is 0 Å². The van der Waals surface area contributed by atoms with Crippen molar-refractivity contribution >= 4 is 11.6 Å². The molecule has 1 N–H and O–H groups in total. The Hall–Kier alpha value is -2.15. The van der Waals surface area contributed by atoms with Gasteiger partial charge in [0.2, 0.25) is 5.91 Å². The third-order valence-corrected chi connectivity index (χ3v) is 3.56. The minimum atomic E-state index is -0.303. The Morgan fingerprint density at radius 1 is 1.48 bits per heavy atom. The second-order valence-corrected chi connectivity index (χ2v) is 5.08. The number of fused-ring (bicyclic) bond motifs is 1. The second kappa shape index (κ2) is 6.09. The van der Waals surface area contributed by atoms with Gasteiger partial charge in [0.15, 0.2) is 5.65 Å². The van der Waals surface area contributed by atoms with E-state index in [1.807, 2.05) is 6.07 Å². The highest BCUT2D eigenvalue weighted by molar-refractivity contribution is 5.80. The summed E-state index contributed by atoms with van der Waals surface area (Å²) in [5.74, 6) is -0.0603. The maximum absolute atomic E-state index is 12.0. The van der Waals surface area contributed by atoms with Crippen LogP contribution in [0.5, 0.6) is 0 Å². The third-order valence-electron chi connectivity index (χ3n) is 3.56. The molecule has 2 aromatic heterocycles. The SMILES string of the molecule is O=C(NCCCn1nc2ccccn2c1=O)[C@H]1CCCO1. The fourth-order valence-electron chi connectivity index (χ4n) is 2.45. The van der Waals surface area contributed by atoms with Crippen LogP contribution in [-0.2, 0) is 16.1 Å². The van der Waals surface area contributed by atoms with Crippen LogP contribution in [0.4, 0.5) is 0 Å². The molecule has 3 rings (SSSR count). The van der Waals surface area contributed by atoms with Gasteiger partial charge < -0.3 is 10.1 Å². The van der Waals surface area contributed by atoms with E-state index in [0.29, 0.717) is 31.8 Å². The van der Waals surface area contributed by atoms with E-state index in [1.165, 1.54) is 9.08 Å². The Balaban J connectivity index is 1.51. The van der Waals surface area contributed by atoms with Crippen LogP contribution < -0.4 is 11.0 Å². The highest BCUT2D eigenvalue weighted by Gasteiger charge is 2.22. The fourth-order valence-corrected chi connectivity index (χ4v) is 2.45. The molecule has 1 aliphatic rings. The molecule has 7 nitrogen and oxygen atoms in total. The number of aryl methyl sites for hydroxylation is 1. The van der Waals surface area contributed by atoms with Crippen LogP contribution in [0.2, 0.25) is 0 Å². The number of pyridine rings is 1. The number of amides is 1. The second-order valence-electron chi connectivity index (χ2n) is 5.08. The molecule has 0 bridgehead atoms. The standard InChI is InChI=1S/C14H18N4O3/c19-13(11-5-3-10-21-11)15-7-4-9-18-14(20)17-8-2-1-6-12(17)16-18/h1-2,6,8,11H,3-5,7,9-10H2,(H,15,19)/t11-/m1/s1. The minimum Gasteiger partial charge on any atom is -0.368 e. The maximum Gasteiger partial charge on any atom is 0.350 e. The zero-order valence-electron chi connectivity index (χ0n) is 11.7. The van der Waals surface area contributed by atoms with Gasteiger partial charge in [-0.3, -0.25) is 9.20 Å². The highest BCUT2D eigenvalue weighted by Crippen LogP contribution is 2.11. The molecule has 0 radical (unpaired) electrons. The van der Waals surface area contributed by atoms with E-state index in [1.54, 1.807) is 18.3 Å². The van der Waals surface area contributed by atoms with Crippen molar-refractivity contribution in [2.75, 3.05) is 13.2 Å². The number of ether oxygens (including phenoxy) is 1. The number of aromatic nitrogens is 3. The summed E-state index contributed by atoms with van der Waals surface area (Å²) in [7, 11) is 0. The summed E-state index contributed by atoms with van der Waals surface area (Å²) in [5, 5.41) is 7.07. The third kappa shape index (κ3) is 2.97. The smallest absolute Gasteiger partial charge is 0.350 e. The van der Waals surface area contributed by atoms with Crippen molar-refractivity contribution in [3.8, 4) is 0 Å². The van der Waals surface area contributed by atoms with E-state index in [9.17, 15) is 9.59 Å². The molecule has 1 aliphatic heterocycles. The monoisotopic (exact) mass is 290 g/mol. The minimum absolute atomic E-state index is 0.0603. The number of nitrogens with one attached hydrogen (secondary N) is 1. The lowest BCUT2D eigenvalue weighted by Gasteiger charge is -2.09. The number of nitrogens with zero attached hydrogens (tertiary/aromatic N) is 3. The number of hydrogen-bond donors (Lipinski definition) is 1. The van der Waals surface area contributed by atoms with E-state index in [2.05, 4.69) is 10.4 Å². The van der Waals surface area contributed by atoms with E-state index < -0.39 is 0 Å². The average Bonchev–Trinajstić information content (AvgIpc) is 3.13. The van der Waals surface area contributed by atoms with E-state index in [-0.39, 0.29) is 17.7 Å². The van der Waals surface area contributed by atoms with Crippen molar-refractivity contribution in [1.82, 2.24) is 19.5 Å². The van der Waals surface area contributed by atoms with Gasteiger partial charge in [-0.15, -0.1) is 5.10 Å². The first-order valence-corrected chi connectivity index (χ1v) is 7.19. The molecule has 1 saturated heterocycles. The predicted octanol–water partition coefficient (Wildman–Crippen LogP) is 0.181. The topological polar surface area (TPSA) is 77.6 Å². The number of hydrogen-bond acceptors (Lipinski definition) is 4. The van der Waals surface area contributed by atoms with Gasteiger partial charge in [0.05, 0.1) is 0 Å². The maximum atomic E-state index is 12.0. The van der Waals surface area contributed by atoms with Crippen molar-refractivity contribution in [2.45, 2.75) is 31.9 Å². The molecular formula is C14H18N4O3. The van der Waals surface area contributed by atoms with E-state index in [0.717, 1.165) is 12.8 Å². The van der Waals surface area contributed by atoms with Gasteiger partial charge in [-0.2, -0.15) is 0 Å². The molecule has 0 aliphatic carbocycles. The summed E-state index contributed by atoms with van der Waals surface area (Å²) < 4.78 is 8.24. The summed E-state index contributed by atoms with van der Waals surface area (Å²) in [4.78, 5) is 23.8. The quantitative estimate of drug-likeness (QED) is 0.797. The first-order valence-electron chi connectivity index (χ1n) is 7.19. The van der Waals surface area contributed by atoms with Gasteiger partial charge in [-0.05, 0) is 31.4 Å². The first-order chi connectivity index (χ1) is 10.3. The normalized spacial score (nSPS) is 18.2. The van der Waals surface area contributed by atoms with Crippen LogP contribution in [0.3, 0.4) is 0 Å². The number of carbonyl (C=O) groups is 1. The Labute approximate surface area is 121 Å². The van der Waals surface area contributed by atoms with Crippen LogP contribution in [-0.4, -0.2) is 39.3 Å². The van der Waals surface area contributed by atoms with Gasteiger partial charge in [0, 0.05) is 25.9 Å². The summed E-state index contributed by atoms with van der Waals surface area (Å²) in [6.07, 6.45) is 3.78. The molecule has 0 unspecified atom stereocenters. The molecule has 21 heavy (non-hydrogen) atoms. The van der Waals surface area contributed by atoms with Gasteiger partial charge in [0.25, 0.3) is 0 Å². The Kier molecular flexibility index (Phi) is 4.01. The van der Waals surface area contributed by atoms with Crippen LogP contribution in [0.25, 0.3) is 5.65 Å². The number of rotatable bonds is 5. The van der Waals surface area contributed by atoms with Crippen molar-refractivity contribution in [1.29, 1.82) is 0 Å². The lowest BCUT2D eigenvalue weighted by molar-refractivity contribution is -0.130. The van der Waals surface area contributed by atoms with Crippen molar-refractivity contribution in [3.05, 3.63) is 34.9 Å². The summed E-state index contributed by atoms with van der Waals surface area (Å²) in [6.45, 7) is 1.65. The van der Waals surface area contributed by atoms with Crippen molar-refractivity contribution in [3.63, 3.8) is 0 Å². The Bertz CT molecular complexity index is 685. The largest absolute Gasteiger partial charge is 0.368 e. The molecule has 1 fully saturated rings. The van der Waals surface area contributed by atoms with Gasteiger partial charge in [-0.1, -0.05) is 6.07 Å². The summed E-state index contributed by atoms with van der Waals surface area (Å²) in [6, 6.07) is 5.42. The molecule has 0 spiro atoms. The van der Waals surface area contributed by atoms with Crippen LogP contribution in [0.1, 0.15) is 19.3 Å². The predicted molar refractivity (Wildman–Crippen MR) is 76.1 cm³/mol. The number of carbonyl (C=O) groups excluding carboxylic acids is 1. The zero-order chi connectivity index (χ0) is 14.7. The van der Waals surface area contributed by atoms with Crippen molar-refractivity contribution < 1.29 is 9.53 Å².